The molecular formula is C27H35N7O. The van der Waals surface area contributed by atoms with Crippen molar-refractivity contribution in [1.29, 1.82) is 0 Å². The summed E-state index contributed by atoms with van der Waals surface area (Å²) in [5.41, 5.74) is 4.05. The van der Waals surface area contributed by atoms with Crippen molar-refractivity contribution >= 4 is 0 Å². The molecule has 8 heteroatoms. The van der Waals surface area contributed by atoms with Gasteiger partial charge in [-0.2, -0.15) is 0 Å². The van der Waals surface area contributed by atoms with E-state index in [1.54, 1.807) is 0 Å². The van der Waals surface area contributed by atoms with Crippen molar-refractivity contribution in [3.05, 3.63) is 95.3 Å². The van der Waals surface area contributed by atoms with Gasteiger partial charge in [0.05, 0.1) is 6.54 Å². The van der Waals surface area contributed by atoms with Crippen LogP contribution in [0.5, 0.6) is 5.75 Å². The van der Waals surface area contributed by atoms with E-state index < -0.39 is 0 Å². The molecule has 0 saturated heterocycles. The molecule has 0 aliphatic carbocycles. The van der Waals surface area contributed by atoms with Crippen molar-refractivity contribution in [2.75, 3.05) is 13.1 Å². The Hall–Kier alpha value is -3.49. The van der Waals surface area contributed by atoms with E-state index in [1.165, 1.54) is 0 Å². The number of phenolic OH excluding ortho intramolecular Hbond substituents is 1. The van der Waals surface area contributed by atoms with Crippen LogP contribution in [0.1, 0.15) is 34.0 Å². The van der Waals surface area contributed by atoms with Crippen molar-refractivity contribution in [1.82, 2.24) is 34.3 Å². The van der Waals surface area contributed by atoms with Crippen molar-refractivity contribution in [2.45, 2.75) is 39.4 Å². The SMILES string of the molecule is Cc1cc(CNCCc2nccn2C)c(O)c(CN(CCc2ccccn2)Cc2nccn2C)c1. The summed E-state index contributed by atoms with van der Waals surface area (Å²) in [5.74, 6) is 2.40. The molecule has 0 amide bonds. The summed E-state index contributed by atoms with van der Waals surface area (Å²) in [6, 6.07) is 10.1. The summed E-state index contributed by atoms with van der Waals surface area (Å²) in [5, 5.41) is 14.6. The Morgan fingerprint density at radius 1 is 0.886 bits per heavy atom. The number of nitrogens with zero attached hydrogens (tertiary/aromatic N) is 6. The predicted molar refractivity (Wildman–Crippen MR) is 137 cm³/mol. The minimum Gasteiger partial charge on any atom is -0.507 e. The van der Waals surface area contributed by atoms with Crippen molar-refractivity contribution in [3.63, 3.8) is 0 Å². The predicted octanol–water partition coefficient (Wildman–Crippen LogP) is 3.14. The molecule has 0 spiro atoms. The number of phenols is 1. The maximum absolute atomic E-state index is 11.1. The molecule has 184 valence electrons. The topological polar surface area (TPSA) is 84.0 Å². The normalized spacial score (nSPS) is 11.4. The van der Waals surface area contributed by atoms with Gasteiger partial charge in [0.1, 0.15) is 17.4 Å². The fourth-order valence-electron chi connectivity index (χ4n) is 4.27. The fourth-order valence-corrected chi connectivity index (χ4v) is 4.27. The third-order valence-electron chi connectivity index (χ3n) is 6.26. The molecule has 0 fully saturated rings. The van der Waals surface area contributed by atoms with E-state index in [9.17, 15) is 5.11 Å². The highest BCUT2D eigenvalue weighted by molar-refractivity contribution is 5.43. The summed E-state index contributed by atoms with van der Waals surface area (Å²) >= 11 is 0. The van der Waals surface area contributed by atoms with Gasteiger partial charge in [-0.25, -0.2) is 9.97 Å². The van der Waals surface area contributed by atoms with Gasteiger partial charge in [-0.15, -0.1) is 0 Å². The highest BCUT2D eigenvalue weighted by Gasteiger charge is 2.15. The van der Waals surface area contributed by atoms with Crippen LogP contribution in [0.4, 0.5) is 0 Å². The Labute approximate surface area is 207 Å². The molecule has 3 heterocycles. The van der Waals surface area contributed by atoms with E-state index in [2.05, 4.69) is 50.3 Å². The van der Waals surface area contributed by atoms with Gasteiger partial charge in [0.15, 0.2) is 0 Å². The lowest BCUT2D eigenvalue weighted by atomic mass is 10.0. The molecule has 0 bridgehead atoms. The second-order valence-corrected chi connectivity index (χ2v) is 9.05. The summed E-state index contributed by atoms with van der Waals surface area (Å²) < 4.78 is 4.08. The number of benzene rings is 1. The van der Waals surface area contributed by atoms with Gasteiger partial charge in [0, 0.05) is 101 Å². The third-order valence-corrected chi connectivity index (χ3v) is 6.26. The molecule has 0 aliphatic heterocycles. The summed E-state index contributed by atoms with van der Waals surface area (Å²) in [4.78, 5) is 15.7. The first-order chi connectivity index (χ1) is 17.0. The number of hydrogen-bond acceptors (Lipinski definition) is 6. The monoisotopic (exact) mass is 473 g/mol. The number of imidazole rings is 2. The number of hydrogen-bond donors (Lipinski definition) is 2. The van der Waals surface area contributed by atoms with Crippen LogP contribution in [0.3, 0.4) is 0 Å². The standard InChI is InChI=1S/C27H35N7O/c1-21-16-22(18-28-10-7-25-30-11-14-32(25)2)27(35)23(17-21)19-34(20-26-31-12-15-33(26)3)13-8-24-6-4-5-9-29-24/h4-6,9,11-12,14-17,28,35H,7-8,10,13,18-20H2,1-3H3. The summed E-state index contributed by atoms with van der Waals surface area (Å²) in [6.07, 6.45) is 11.1. The van der Waals surface area contributed by atoms with E-state index >= 15 is 0 Å². The Kier molecular flexibility index (Phi) is 8.28. The second-order valence-electron chi connectivity index (χ2n) is 9.05. The van der Waals surface area contributed by atoms with Crippen LogP contribution in [-0.4, -0.2) is 47.2 Å². The minimum atomic E-state index is 0.364. The Morgan fingerprint density at radius 2 is 1.63 bits per heavy atom. The van der Waals surface area contributed by atoms with Crippen LogP contribution < -0.4 is 5.32 Å². The smallest absolute Gasteiger partial charge is 0.124 e. The molecule has 4 aromatic rings. The van der Waals surface area contributed by atoms with E-state index in [4.69, 9.17) is 0 Å². The molecular weight excluding hydrogens is 438 g/mol. The van der Waals surface area contributed by atoms with Crippen LogP contribution in [0, 0.1) is 6.92 Å². The first-order valence-corrected chi connectivity index (χ1v) is 12.1. The molecule has 2 N–H and O–H groups in total. The summed E-state index contributed by atoms with van der Waals surface area (Å²) in [7, 11) is 4.02. The lowest BCUT2D eigenvalue weighted by Gasteiger charge is -2.23. The molecule has 0 unspecified atom stereocenters. The number of nitrogens with one attached hydrogen (secondary N) is 1. The van der Waals surface area contributed by atoms with Gasteiger partial charge < -0.3 is 19.6 Å². The van der Waals surface area contributed by atoms with E-state index in [0.29, 0.717) is 25.4 Å². The zero-order chi connectivity index (χ0) is 24.6. The van der Waals surface area contributed by atoms with Crippen LogP contribution >= 0.6 is 0 Å². The Bertz CT molecular complexity index is 1220. The molecule has 3 aromatic heterocycles. The van der Waals surface area contributed by atoms with E-state index in [1.807, 2.05) is 66.3 Å². The Balaban J connectivity index is 1.44. The number of rotatable bonds is 12. The quantitative estimate of drug-likeness (QED) is 0.308. The zero-order valence-corrected chi connectivity index (χ0v) is 20.9. The molecule has 4 rings (SSSR count). The highest BCUT2D eigenvalue weighted by Crippen LogP contribution is 2.26. The lowest BCUT2D eigenvalue weighted by Crippen LogP contribution is -2.27. The van der Waals surface area contributed by atoms with Gasteiger partial charge in [-0.05, 0) is 19.1 Å². The van der Waals surface area contributed by atoms with Crippen molar-refractivity contribution in [3.8, 4) is 5.75 Å². The van der Waals surface area contributed by atoms with Gasteiger partial charge in [0.25, 0.3) is 0 Å². The number of aromatic hydroxyl groups is 1. The van der Waals surface area contributed by atoms with Crippen LogP contribution in [-0.2, 0) is 46.6 Å². The molecule has 1 aromatic carbocycles. The fraction of sp³-hybridized carbons (Fsp3) is 0.370. The lowest BCUT2D eigenvalue weighted by molar-refractivity contribution is 0.246. The summed E-state index contributed by atoms with van der Waals surface area (Å²) in [6.45, 7) is 5.63. The zero-order valence-electron chi connectivity index (χ0n) is 20.9. The maximum Gasteiger partial charge on any atom is 0.124 e. The molecule has 0 aliphatic rings. The van der Waals surface area contributed by atoms with Gasteiger partial charge >= 0.3 is 0 Å². The van der Waals surface area contributed by atoms with Crippen LogP contribution in [0.15, 0.2) is 61.3 Å². The molecule has 0 atom stereocenters. The molecule has 8 nitrogen and oxygen atoms in total. The third kappa shape index (κ3) is 6.77. The highest BCUT2D eigenvalue weighted by atomic mass is 16.3. The number of pyridine rings is 1. The number of aryl methyl sites for hydroxylation is 3. The first kappa shape index (κ1) is 24.6. The average molecular weight is 474 g/mol. The second kappa shape index (κ2) is 11.8. The molecule has 35 heavy (non-hydrogen) atoms. The van der Waals surface area contributed by atoms with E-state index in [0.717, 1.165) is 60.0 Å². The van der Waals surface area contributed by atoms with Gasteiger partial charge in [-0.1, -0.05) is 23.8 Å². The van der Waals surface area contributed by atoms with Crippen molar-refractivity contribution < 1.29 is 5.11 Å². The molecule has 0 radical (unpaired) electrons. The van der Waals surface area contributed by atoms with Crippen LogP contribution in [0.2, 0.25) is 0 Å². The average Bonchev–Trinajstić information content (AvgIpc) is 3.45. The van der Waals surface area contributed by atoms with Gasteiger partial charge in [0.2, 0.25) is 0 Å². The number of aromatic nitrogens is 5. The van der Waals surface area contributed by atoms with Crippen LogP contribution in [0.25, 0.3) is 0 Å². The first-order valence-electron chi connectivity index (χ1n) is 12.1. The van der Waals surface area contributed by atoms with E-state index in [-0.39, 0.29) is 0 Å². The van der Waals surface area contributed by atoms with Crippen molar-refractivity contribution in [2.24, 2.45) is 14.1 Å². The largest absolute Gasteiger partial charge is 0.507 e. The minimum absolute atomic E-state index is 0.364. The van der Waals surface area contributed by atoms with Gasteiger partial charge in [-0.3, -0.25) is 9.88 Å². The maximum atomic E-state index is 11.1. The molecule has 0 saturated carbocycles. The Morgan fingerprint density at radius 3 is 2.31 bits per heavy atom.